The molecule has 0 spiro atoms. The Balaban J connectivity index is 1.87. The highest BCUT2D eigenvalue weighted by atomic mass is 16.3. The first-order valence-corrected chi connectivity index (χ1v) is 9.83. The van der Waals surface area contributed by atoms with Crippen LogP contribution in [0.5, 0.6) is 11.5 Å². The van der Waals surface area contributed by atoms with Gasteiger partial charge in [0, 0.05) is 5.41 Å². The van der Waals surface area contributed by atoms with Gasteiger partial charge in [0.25, 0.3) is 0 Å². The largest absolute Gasteiger partial charge is 0.508 e. The van der Waals surface area contributed by atoms with Gasteiger partial charge in [-0.2, -0.15) is 0 Å². The average Bonchev–Trinajstić information content (AvgIpc) is 2.97. The molecule has 5 rings (SSSR count). The minimum Gasteiger partial charge on any atom is -0.508 e. The lowest BCUT2D eigenvalue weighted by molar-refractivity contribution is 0.475. The molecule has 29 heavy (non-hydrogen) atoms. The Bertz CT molecular complexity index is 1220. The number of hydrogen-bond donors (Lipinski definition) is 2. The standard InChI is InChI=1S/C27H22O2/c1-27(2)24-6-4-3-5-22(24)23-16-15-21(17-7-11-19(28)12-8-17)25(26(23)27)18-9-13-20(29)14-10-18/h3-16,28-29H,1-2H3. The van der Waals surface area contributed by atoms with E-state index in [4.69, 9.17) is 0 Å². The molecule has 4 aromatic carbocycles. The normalized spacial score (nSPS) is 13.7. The fraction of sp³-hybridized carbons (Fsp3) is 0.111. The molecule has 0 aliphatic heterocycles. The molecule has 2 nitrogen and oxygen atoms in total. The number of benzene rings is 4. The van der Waals surface area contributed by atoms with Gasteiger partial charge < -0.3 is 10.2 Å². The fourth-order valence-electron chi connectivity index (χ4n) is 4.68. The second-order valence-corrected chi connectivity index (χ2v) is 8.18. The monoisotopic (exact) mass is 378 g/mol. The van der Waals surface area contributed by atoms with Gasteiger partial charge in [0.1, 0.15) is 11.5 Å². The number of rotatable bonds is 2. The summed E-state index contributed by atoms with van der Waals surface area (Å²) < 4.78 is 0. The zero-order chi connectivity index (χ0) is 20.2. The first-order valence-electron chi connectivity index (χ1n) is 9.83. The van der Waals surface area contributed by atoms with E-state index in [0.29, 0.717) is 0 Å². The highest BCUT2D eigenvalue weighted by Gasteiger charge is 2.38. The smallest absolute Gasteiger partial charge is 0.115 e. The zero-order valence-electron chi connectivity index (χ0n) is 16.5. The van der Waals surface area contributed by atoms with Gasteiger partial charge in [0.15, 0.2) is 0 Å². The van der Waals surface area contributed by atoms with E-state index in [1.807, 2.05) is 24.3 Å². The predicted molar refractivity (Wildman–Crippen MR) is 118 cm³/mol. The second kappa shape index (κ2) is 6.25. The number of aromatic hydroxyl groups is 2. The Kier molecular flexibility index (Phi) is 3.78. The lowest BCUT2D eigenvalue weighted by Crippen LogP contribution is -2.16. The first kappa shape index (κ1) is 17.6. The molecule has 0 radical (unpaired) electrons. The molecule has 4 aromatic rings. The van der Waals surface area contributed by atoms with Crippen LogP contribution in [0.2, 0.25) is 0 Å². The van der Waals surface area contributed by atoms with E-state index in [1.54, 1.807) is 24.3 Å². The van der Waals surface area contributed by atoms with Crippen molar-refractivity contribution in [3.05, 3.63) is 96.1 Å². The van der Waals surface area contributed by atoms with Gasteiger partial charge in [-0.15, -0.1) is 0 Å². The lowest BCUT2D eigenvalue weighted by atomic mass is 9.76. The number of phenolic OH excluding ortho intramolecular Hbond substituents is 2. The maximum atomic E-state index is 9.83. The maximum Gasteiger partial charge on any atom is 0.115 e. The van der Waals surface area contributed by atoms with Crippen LogP contribution in [-0.4, -0.2) is 10.2 Å². The van der Waals surface area contributed by atoms with Crippen molar-refractivity contribution in [1.82, 2.24) is 0 Å². The minimum absolute atomic E-state index is 0.147. The Hall–Kier alpha value is -3.52. The molecule has 2 N–H and O–H groups in total. The lowest BCUT2D eigenvalue weighted by Gasteiger charge is -2.26. The minimum atomic E-state index is -0.147. The molecule has 0 aromatic heterocycles. The number of hydrogen-bond acceptors (Lipinski definition) is 2. The summed E-state index contributed by atoms with van der Waals surface area (Å²) in [5, 5.41) is 19.6. The Labute approximate surface area is 170 Å². The van der Waals surface area contributed by atoms with Crippen molar-refractivity contribution in [2.45, 2.75) is 19.3 Å². The van der Waals surface area contributed by atoms with Gasteiger partial charge in [-0.05, 0) is 68.8 Å². The van der Waals surface area contributed by atoms with E-state index in [0.717, 1.165) is 16.7 Å². The molecule has 2 heteroatoms. The van der Waals surface area contributed by atoms with Crippen LogP contribution in [0.15, 0.2) is 84.9 Å². The van der Waals surface area contributed by atoms with Crippen LogP contribution in [0.25, 0.3) is 33.4 Å². The van der Waals surface area contributed by atoms with Crippen molar-refractivity contribution in [1.29, 1.82) is 0 Å². The molecule has 0 bridgehead atoms. The van der Waals surface area contributed by atoms with Crippen molar-refractivity contribution in [2.24, 2.45) is 0 Å². The van der Waals surface area contributed by atoms with Crippen molar-refractivity contribution in [3.8, 4) is 44.9 Å². The number of fused-ring (bicyclic) bond motifs is 3. The van der Waals surface area contributed by atoms with E-state index in [2.05, 4.69) is 50.2 Å². The molecular weight excluding hydrogens is 356 g/mol. The van der Waals surface area contributed by atoms with Crippen LogP contribution in [0.4, 0.5) is 0 Å². The van der Waals surface area contributed by atoms with Crippen molar-refractivity contribution < 1.29 is 10.2 Å². The molecular formula is C27H22O2. The molecule has 0 heterocycles. The third-order valence-corrected chi connectivity index (χ3v) is 6.06. The Morgan fingerprint density at radius 3 is 1.76 bits per heavy atom. The van der Waals surface area contributed by atoms with E-state index in [-0.39, 0.29) is 16.9 Å². The second-order valence-electron chi connectivity index (χ2n) is 8.18. The summed E-state index contributed by atoms with van der Waals surface area (Å²) in [7, 11) is 0. The summed E-state index contributed by atoms with van der Waals surface area (Å²) in [6.07, 6.45) is 0. The van der Waals surface area contributed by atoms with Crippen molar-refractivity contribution in [2.75, 3.05) is 0 Å². The molecule has 0 atom stereocenters. The van der Waals surface area contributed by atoms with Crippen LogP contribution >= 0.6 is 0 Å². The maximum absolute atomic E-state index is 9.83. The summed E-state index contributed by atoms with van der Waals surface area (Å²) in [6.45, 7) is 4.56. The molecule has 1 aliphatic rings. The third kappa shape index (κ3) is 2.64. The molecule has 142 valence electrons. The van der Waals surface area contributed by atoms with Crippen LogP contribution in [-0.2, 0) is 5.41 Å². The average molecular weight is 378 g/mol. The highest BCUT2D eigenvalue weighted by molar-refractivity contribution is 5.95. The summed E-state index contributed by atoms with van der Waals surface area (Å²) in [6, 6.07) is 27.8. The van der Waals surface area contributed by atoms with Gasteiger partial charge in [0.2, 0.25) is 0 Å². The Morgan fingerprint density at radius 1 is 0.552 bits per heavy atom. The van der Waals surface area contributed by atoms with Gasteiger partial charge in [-0.3, -0.25) is 0 Å². The van der Waals surface area contributed by atoms with Crippen LogP contribution < -0.4 is 0 Å². The summed E-state index contributed by atoms with van der Waals surface area (Å²) in [4.78, 5) is 0. The highest BCUT2D eigenvalue weighted by Crippen LogP contribution is 2.54. The molecule has 0 saturated heterocycles. The Morgan fingerprint density at radius 2 is 1.10 bits per heavy atom. The topological polar surface area (TPSA) is 40.5 Å². The van der Waals surface area contributed by atoms with Crippen molar-refractivity contribution >= 4 is 0 Å². The van der Waals surface area contributed by atoms with Crippen LogP contribution in [0.1, 0.15) is 25.0 Å². The van der Waals surface area contributed by atoms with E-state index in [9.17, 15) is 10.2 Å². The van der Waals surface area contributed by atoms with Crippen LogP contribution in [0.3, 0.4) is 0 Å². The fourth-order valence-corrected chi connectivity index (χ4v) is 4.68. The summed E-state index contributed by atoms with van der Waals surface area (Å²) in [5.74, 6) is 0.517. The zero-order valence-corrected chi connectivity index (χ0v) is 16.5. The molecule has 0 amide bonds. The number of phenols is 2. The van der Waals surface area contributed by atoms with Crippen LogP contribution in [0, 0.1) is 0 Å². The van der Waals surface area contributed by atoms with E-state index in [1.165, 1.54) is 27.8 Å². The quantitative estimate of drug-likeness (QED) is 0.405. The van der Waals surface area contributed by atoms with Crippen molar-refractivity contribution in [3.63, 3.8) is 0 Å². The molecule has 0 fully saturated rings. The molecule has 0 saturated carbocycles. The summed E-state index contributed by atoms with van der Waals surface area (Å²) in [5.41, 5.74) is 9.45. The SMILES string of the molecule is CC1(C)c2ccccc2-c2ccc(-c3ccc(O)cc3)c(-c3ccc(O)cc3)c21. The van der Waals surface area contributed by atoms with Gasteiger partial charge in [0.05, 0.1) is 0 Å². The van der Waals surface area contributed by atoms with Gasteiger partial charge >= 0.3 is 0 Å². The van der Waals surface area contributed by atoms with Gasteiger partial charge in [-0.1, -0.05) is 74.5 Å². The molecule has 0 unspecified atom stereocenters. The van der Waals surface area contributed by atoms with E-state index >= 15 is 0 Å². The first-order chi connectivity index (χ1) is 14.0. The summed E-state index contributed by atoms with van der Waals surface area (Å²) >= 11 is 0. The molecule has 1 aliphatic carbocycles. The third-order valence-electron chi connectivity index (χ3n) is 6.06. The van der Waals surface area contributed by atoms with E-state index < -0.39 is 0 Å². The predicted octanol–water partition coefficient (Wildman–Crippen LogP) is 6.74. The van der Waals surface area contributed by atoms with Gasteiger partial charge in [-0.25, -0.2) is 0 Å².